The Labute approximate surface area is 133 Å². The Balaban J connectivity index is 1.67. The fourth-order valence-electron chi connectivity index (χ4n) is 2.41. The average molecular weight is 316 g/mol. The normalized spacial score (nSPS) is 14.8. The zero-order valence-electron chi connectivity index (χ0n) is 12.5. The molecule has 0 saturated carbocycles. The van der Waals surface area contributed by atoms with Crippen molar-refractivity contribution in [3.63, 3.8) is 0 Å². The lowest BCUT2D eigenvalue weighted by atomic mass is 10.1. The first-order valence-electron chi connectivity index (χ1n) is 7.45. The second-order valence-electron chi connectivity index (χ2n) is 5.19. The highest BCUT2D eigenvalue weighted by molar-refractivity contribution is 5.95. The summed E-state index contributed by atoms with van der Waals surface area (Å²) in [6.07, 6.45) is 3.72. The molecule has 0 aliphatic carbocycles. The van der Waals surface area contributed by atoms with Crippen LogP contribution < -0.4 is 5.32 Å². The molecule has 2 heterocycles. The molecule has 1 aliphatic heterocycles. The van der Waals surface area contributed by atoms with Crippen LogP contribution in [0.25, 0.3) is 11.1 Å². The van der Waals surface area contributed by atoms with E-state index in [1.165, 1.54) is 12.1 Å². The van der Waals surface area contributed by atoms with Crippen LogP contribution in [0.2, 0.25) is 0 Å². The van der Waals surface area contributed by atoms with E-state index in [0.717, 1.165) is 11.1 Å². The Morgan fingerprint density at radius 1 is 1.22 bits per heavy atom. The number of hydrogen-bond acceptors (Lipinski definition) is 4. The molecular weight excluding hydrogens is 299 g/mol. The summed E-state index contributed by atoms with van der Waals surface area (Å²) in [5, 5.41) is 2.84. The van der Waals surface area contributed by atoms with Gasteiger partial charge < -0.3 is 14.8 Å². The topological polar surface area (TPSA) is 60.5 Å². The summed E-state index contributed by atoms with van der Waals surface area (Å²) < 4.78 is 23.7. The van der Waals surface area contributed by atoms with E-state index in [1.807, 2.05) is 0 Å². The van der Waals surface area contributed by atoms with Crippen LogP contribution >= 0.6 is 0 Å². The molecule has 1 saturated heterocycles. The number of carbonyl (C=O) groups excluding carboxylic acids is 1. The first-order chi connectivity index (χ1) is 11.2. The van der Waals surface area contributed by atoms with Crippen molar-refractivity contribution in [3.8, 4) is 11.1 Å². The maximum atomic E-state index is 13.1. The van der Waals surface area contributed by atoms with Crippen LogP contribution in [0.15, 0.2) is 42.7 Å². The standard InChI is InChI=1S/C17H17FN2O3/c18-13-3-1-12(2-4-13)14-7-8-19-11-15(14)20-16(21)5-6-17-22-9-10-23-17/h1-4,7-8,11,17H,5-6,9-10H2,(H,20,21). The molecule has 6 heteroatoms. The highest BCUT2D eigenvalue weighted by Gasteiger charge is 2.17. The minimum Gasteiger partial charge on any atom is -0.350 e. The third-order valence-corrected chi connectivity index (χ3v) is 3.55. The molecule has 120 valence electrons. The number of anilines is 1. The number of benzene rings is 1. The third-order valence-electron chi connectivity index (χ3n) is 3.55. The largest absolute Gasteiger partial charge is 0.350 e. The number of halogens is 1. The molecule has 0 atom stereocenters. The number of rotatable bonds is 5. The van der Waals surface area contributed by atoms with Crippen LogP contribution in [0, 0.1) is 5.82 Å². The molecule has 1 amide bonds. The second kappa shape index (κ2) is 7.30. The van der Waals surface area contributed by atoms with E-state index in [2.05, 4.69) is 10.3 Å². The van der Waals surface area contributed by atoms with Crippen LogP contribution in [0.1, 0.15) is 12.8 Å². The predicted molar refractivity (Wildman–Crippen MR) is 83.2 cm³/mol. The number of ether oxygens (including phenoxy) is 2. The van der Waals surface area contributed by atoms with Crippen molar-refractivity contribution in [2.45, 2.75) is 19.1 Å². The van der Waals surface area contributed by atoms with E-state index < -0.39 is 0 Å². The molecule has 1 N–H and O–H groups in total. The first-order valence-corrected chi connectivity index (χ1v) is 7.45. The molecular formula is C17H17FN2O3. The molecule has 0 unspecified atom stereocenters. The summed E-state index contributed by atoms with van der Waals surface area (Å²) in [6.45, 7) is 1.15. The van der Waals surface area contributed by atoms with Crippen molar-refractivity contribution >= 4 is 11.6 Å². The van der Waals surface area contributed by atoms with Crippen molar-refractivity contribution in [2.75, 3.05) is 18.5 Å². The van der Waals surface area contributed by atoms with E-state index >= 15 is 0 Å². The minimum atomic E-state index is -0.301. The first kappa shape index (κ1) is 15.6. The van der Waals surface area contributed by atoms with Gasteiger partial charge in [0, 0.05) is 24.6 Å². The molecule has 0 spiro atoms. The van der Waals surface area contributed by atoms with Gasteiger partial charge in [0.25, 0.3) is 0 Å². The van der Waals surface area contributed by atoms with Gasteiger partial charge in [0.2, 0.25) is 5.91 Å². The molecule has 5 nitrogen and oxygen atoms in total. The molecule has 0 bridgehead atoms. The predicted octanol–water partition coefficient (Wildman–Crippen LogP) is 2.98. The Kier molecular flexibility index (Phi) is 4.95. The Hall–Kier alpha value is -2.31. The van der Waals surface area contributed by atoms with E-state index in [9.17, 15) is 9.18 Å². The van der Waals surface area contributed by atoms with Gasteiger partial charge in [-0.25, -0.2) is 4.39 Å². The summed E-state index contributed by atoms with van der Waals surface area (Å²) in [5.74, 6) is -0.439. The Bertz CT molecular complexity index is 670. The van der Waals surface area contributed by atoms with Gasteiger partial charge in [0.05, 0.1) is 25.1 Å². The summed E-state index contributed by atoms with van der Waals surface area (Å²) in [6, 6.07) is 7.89. The van der Waals surface area contributed by atoms with Gasteiger partial charge >= 0.3 is 0 Å². The van der Waals surface area contributed by atoms with Crippen molar-refractivity contribution in [1.29, 1.82) is 0 Å². The monoisotopic (exact) mass is 316 g/mol. The molecule has 23 heavy (non-hydrogen) atoms. The number of nitrogens with one attached hydrogen (secondary N) is 1. The number of carbonyl (C=O) groups is 1. The molecule has 1 aromatic heterocycles. The smallest absolute Gasteiger partial charge is 0.224 e. The maximum absolute atomic E-state index is 13.1. The molecule has 1 aliphatic rings. The highest BCUT2D eigenvalue weighted by Crippen LogP contribution is 2.27. The molecule has 3 rings (SSSR count). The number of nitrogens with zero attached hydrogens (tertiary/aromatic N) is 1. The van der Waals surface area contributed by atoms with E-state index in [4.69, 9.17) is 9.47 Å². The van der Waals surface area contributed by atoms with Crippen molar-refractivity contribution in [3.05, 3.63) is 48.5 Å². The fraction of sp³-hybridized carbons (Fsp3) is 0.294. The lowest BCUT2D eigenvalue weighted by Gasteiger charge is -2.12. The molecule has 2 aromatic rings. The fourth-order valence-corrected chi connectivity index (χ4v) is 2.41. The lowest BCUT2D eigenvalue weighted by molar-refractivity contribution is -0.118. The number of hydrogen-bond donors (Lipinski definition) is 1. The van der Waals surface area contributed by atoms with Crippen LogP contribution in [-0.4, -0.2) is 30.4 Å². The summed E-state index contributed by atoms with van der Waals surface area (Å²) >= 11 is 0. The SMILES string of the molecule is O=C(CCC1OCCO1)Nc1cnccc1-c1ccc(F)cc1. The molecule has 1 aromatic carbocycles. The summed E-state index contributed by atoms with van der Waals surface area (Å²) in [4.78, 5) is 16.1. The van der Waals surface area contributed by atoms with Gasteiger partial charge in [-0.2, -0.15) is 0 Å². The van der Waals surface area contributed by atoms with Gasteiger partial charge in [-0.15, -0.1) is 0 Å². The van der Waals surface area contributed by atoms with Gasteiger partial charge in [-0.3, -0.25) is 9.78 Å². The zero-order chi connectivity index (χ0) is 16.1. The van der Waals surface area contributed by atoms with Crippen molar-refractivity contribution in [1.82, 2.24) is 4.98 Å². The average Bonchev–Trinajstić information content (AvgIpc) is 3.08. The summed E-state index contributed by atoms with van der Waals surface area (Å²) in [5.41, 5.74) is 2.20. The minimum absolute atomic E-state index is 0.138. The van der Waals surface area contributed by atoms with Crippen LogP contribution in [0.3, 0.4) is 0 Å². The van der Waals surface area contributed by atoms with Crippen molar-refractivity contribution < 1.29 is 18.7 Å². The Morgan fingerprint density at radius 2 is 1.96 bits per heavy atom. The van der Waals surface area contributed by atoms with E-state index in [1.54, 1.807) is 30.6 Å². The van der Waals surface area contributed by atoms with E-state index in [0.29, 0.717) is 31.7 Å². The van der Waals surface area contributed by atoms with Crippen LogP contribution in [0.4, 0.5) is 10.1 Å². The van der Waals surface area contributed by atoms with Crippen LogP contribution in [-0.2, 0) is 14.3 Å². The maximum Gasteiger partial charge on any atom is 0.224 e. The van der Waals surface area contributed by atoms with Crippen LogP contribution in [0.5, 0.6) is 0 Å². The Morgan fingerprint density at radius 3 is 2.70 bits per heavy atom. The van der Waals surface area contributed by atoms with Gasteiger partial charge in [-0.05, 0) is 23.8 Å². The third kappa shape index (κ3) is 4.12. The summed E-state index contributed by atoms with van der Waals surface area (Å²) in [7, 11) is 0. The van der Waals surface area contributed by atoms with Gasteiger partial charge in [0.1, 0.15) is 5.82 Å². The number of pyridine rings is 1. The quantitative estimate of drug-likeness (QED) is 0.921. The molecule has 1 fully saturated rings. The number of amides is 1. The van der Waals surface area contributed by atoms with Gasteiger partial charge in [-0.1, -0.05) is 12.1 Å². The van der Waals surface area contributed by atoms with Gasteiger partial charge in [0.15, 0.2) is 6.29 Å². The lowest BCUT2D eigenvalue weighted by Crippen LogP contribution is -2.16. The molecule has 0 radical (unpaired) electrons. The van der Waals surface area contributed by atoms with Crippen molar-refractivity contribution in [2.24, 2.45) is 0 Å². The number of aromatic nitrogens is 1. The second-order valence-corrected chi connectivity index (χ2v) is 5.19. The van der Waals surface area contributed by atoms with E-state index in [-0.39, 0.29) is 18.0 Å². The zero-order valence-corrected chi connectivity index (χ0v) is 12.5. The highest BCUT2D eigenvalue weighted by atomic mass is 19.1.